The van der Waals surface area contributed by atoms with Gasteiger partial charge in [-0.1, -0.05) is 44.2 Å². The van der Waals surface area contributed by atoms with Crippen molar-refractivity contribution in [2.75, 3.05) is 0 Å². The first-order chi connectivity index (χ1) is 17.0. The fourth-order valence-corrected chi connectivity index (χ4v) is 3.37. The Labute approximate surface area is 209 Å². The van der Waals surface area contributed by atoms with Gasteiger partial charge in [-0.15, -0.1) is 0 Å². The van der Waals surface area contributed by atoms with Gasteiger partial charge in [0.15, 0.2) is 0 Å². The number of hydrogen-bond acceptors (Lipinski definition) is 7. The standard InChI is InChI=1S/C24H34N6O6/c1-13(2)19(25)22(33)28-17(10-16-11-26-12-27-16)21(32)30-20(14(3)31)23(34)29-18(24(35)36)9-15-7-5-4-6-8-15/h4-8,11-14,17-20,31H,9-10,25H2,1-3H3,(H,26,27)(H,28,33)(H,29,34)(H,30,32)(H,35,36). The van der Waals surface area contributed by atoms with E-state index in [-0.39, 0.29) is 18.8 Å². The Morgan fingerprint density at radius 2 is 1.58 bits per heavy atom. The van der Waals surface area contributed by atoms with Crippen LogP contribution in [0.2, 0.25) is 0 Å². The van der Waals surface area contributed by atoms with Crippen LogP contribution in [0, 0.1) is 5.92 Å². The molecule has 0 aliphatic carbocycles. The summed E-state index contributed by atoms with van der Waals surface area (Å²) in [5.41, 5.74) is 7.13. The molecule has 196 valence electrons. The number of hydrogen-bond donors (Lipinski definition) is 7. The molecule has 2 rings (SSSR count). The van der Waals surface area contributed by atoms with E-state index in [4.69, 9.17) is 5.73 Å². The van der Waals surface area contributed by atoms with Gasteiger partial charge >= 0.3 is 5.97 Å². The SMILES string of the molecule is CC(C)C(N)C(=O)NC(Cc1cnc[nH]1)C(=O)NC(C(=O)NC(Cc1ccccc1)C(=O)O)C(C)O. The molecule has 0 aliphatic heterocycles. The smallest absolute Gasteiger partial charge is 0.326 e. The minimum absolute atomic E-state index is 0.00792. The van der Waals surface area contributed by atoms with Crippen molar-refractivity contribution in [2.45, 2.75) is 63.9 Å². The van der Waals surface area contributed by atoms with E-state index < -0.39 is 54.0 Å². The number of aliphatic hydroxyl groups is 1. The van der Waals surface area contributed by atoms with Crippen molar-refractivity contribution in [3.8, 4) is 0 Å². The molecule has 3 amide bonds. The lowest BCUT2D eigenvalue weighted by atomic mass is 10.0. The van der Waals surface area contributed by atoms with Gasteiger partial charge in [0.2, 0.25) is 17.7 Å². The van der Waals surface area contributed by atoms with Crippen molar-refractivity contribution in [1.29, 1.82) is 0 Å². The van der Waals surface area contributed by atoms with Gasteiger partial charge in [0.1, 0.15) is 18.1 Å². The summed E-state index contributed by atoms with van der Waals surface area (Å²) in [6.07, 6.45) is 1.56. The number of carboxylic acid groups (broad SMARTS) is 1. The first kappa shape index (κ1) is 28.5. The molecular formula is C24H34N6O6. The molecule has 12 heteroatoms. The average Bonchev–Trinajstić information content (AvgIpc) is 3.34. The van der Waals surface area contributed by atoms with Crippen LogP contribution < -0.4 is 21.7 Å². The minimum Gasteiger partial charge on any atom is -0.480 e. The summed E-state index contributed by atoms with van der Waals surface area (Å²) in [5, 5.41) is 27.2. The first-order valence-electron chi connectivity index (χ1n) is 11.6. The van der Waals surface area contributed by atoms with Crippen LogP contribution in [0.1, 0.15) is 32.0 Å². The number of carboxylic acids is 1. The van der Waals surface area contributed by atoms with Gasteiger partial charge in [-0.05, 0) is 18.4 Å². The largest absolute Gasteiger partial charge is 0.480 e. The average molecular weight is 503 g/mol. The zero-order valence-electron chi connectivity index (χ0n) is 20.5. The molecule has 0 fully saturated rings. The maximum absolute atomic E-state index is 13.1. The lowest BCUT2D eigenvalue weighted by Crippen LogP contribution is -2.60. The third-order valence-electron chi connectivity index (χ3n) is 5.59. The number of rotatable bonds is 13. The number of carbonyl (C=O) groups is 4. The molecule has 8 N–H and O–H groups in total. The molecule has 1 aromatic heterocycles. The molecular weight excluding hydrogens is 468 g/mol. The highest BCUT2D eigenvalue weighted by Gasteiger charge is 2.33. The van der Waals surface area contributed by atoms with E-state index in [1.807, 2.05) is 0 Å². The second-order valence-electron chi connectivity index (χ2n) is 8.93. The lowest BCUT2D eigenvalue weighted by Gasteiger charge is -2.27. The Hall–Kier alpha value is -3.77. The summed E-state index contributed by atoms with van der Waals surface area (Å²) in [6, 6.07) is 3.94. The molecule has 0 radical (unpaired) electrons. The van der Waals surface area contributed by atoms with E-state index in [1.54, 1.807) is 44.2 Å². The van der Waals surface area contributed by atoms with Crippen molar-refractivity contribution < 1.29 is 29.4 Å². The van der Waals surface area contributed by atoms with Gasteiger partial charge in [0, 0.05) is 24.7 Å². The molecule has 0 saturated carbocycles. The highest BCUT2D eigenvalue weighted by atomic mass is 16.4. The summed E-state index contributed by atoms with van der Waals surface area (Å²) in [7, 11) is 0. The summed E-state index contributed by atoms with van der Waals surface area (Å²) in [6.45, 7) is 4.81. The second kappa shape index (κ2) is 13.4. The molecule has 5 unspecified atom stereocenters. The van der Waals surface area contributed by atoms with E-state index in [0.29, 0.717) is 11.3 Å². The lowest BCUT2D eigenvalue weighted by molar-refractivity contribution is -0.143. The molecule has 36 heavy (non-hydrogen) atoms. The van der Waals surface area contributed by atoms with Crippen molar-refractivity contribution in [3.05, 3.63) is 54.1 Å². The monoisotopic (exact) mass is 502 g/mol. The maximum Gasteiger partial charge on any atom is 0.326 e. The predicted molar refractivity (Wildman–Crippen MR) is 130 cm³/mol. The highest BCUT2D eigenvalue weighted by Crippen LogP contribution is 2.07. The van der Waals surface area contributed by atoms with Crippen molar-refractivity contribution in [2.24, 2.45) is 11.7 Å². The van der Waals surface area contributed by atoms with Crippen LogP contribution in [0.25, 0.3) is 0 Å². The summed E-state index contributed by atoms with van der Waals surface area (Å²) in [5.74, 6) is -3.65. The van der Waals surface area contributed by atoms with E-state index in [0.717, 1.165) is 0 Å². The maximum atomic E-state index is 13.1. The Bertz CT molecular complexity index is 1010. The van der Waals surface area contributed by atoms with Crippen molar-refractivity contribution in [3.63, 3.8) is 0 Å². The molecule has 1 heterocycles. The summed E-state index contributed by atoms with van der Waals surface area (Å²) in [4.78, 5) is 57.1. The van der Waals surface area contributed by atoms with Crippen molar-refractivity contribution in [1.82, 2.24) is 25.9 Å². The van der Waals surface area contributed by atoms with Crippen LogP contribution >= 0.6 is 0 Å². The Morgan fingerprint density at radius 3 is 2.11 bits per heavy atom. The molecule has 0 bridgehead atoms. The van der Waals surface area contributed by atoms with E-state index in [1.165, 1.54) is 19.4 Å². The molecule has 0 saturated heterocycles. The number of nitrogens with one attached hydrogen (secondary N) is 4. The molecule has 0 aliphatic rings. The Balaban J connectivity index is 2.16. The molecule has 0 spiro atoms. The Morgan fingerprint density at radius 1 is 0.944 bits per heavy atom. The number of benzene rings is 1. The number of nitrogens with two attached hydrogens (primary N) is 1. The highest BCUT2D eigenvalue weighted by molar-refractivity contribution is 5.94. The zero-order valence-corrected chi connectivity index (χ0v) is 20.5. The van der Waals surface area contributed by atoms with Gasteiger partial charge in [0.25, 0.3) is 0 Å². The number of aliphatic carboxylic acids is 1. The molecule has 2 aromatic rings. The van der Waals surface area contributed by atoms with E-state index >= 15 is 0 Å². The minimum atomic E-state index is -1.48. The third-order valence-corrected chi connectivity index (χ3v) is 5.59. The topological polar surface area (TPSA) is 200 Å². The van der Waals surface area contributed by atoms with Crippen LogP contribution in [0.15, 0.2) is 42.9 Å². The first-order valence-corrected chi connectivity index (χ1v) is 11.6. The number of nitrogens with zero attached hydrogens (tertiary/aromatic N) is 1. The quantitative estimate of drug-likeness (QED) is 0.183. The number of carbonyl (C=O) groups excluding carboxylic acids is 3. The summed E-state index contributed by atoms with van der Waals surface area (Å²) < 4.78 is 0. The fraction of sp³-hybridized carbons (Fsp3) is 0.458. The Kier molecular flexibility index (Phi) is 10.6. The molecule has 12 nitrogen and oxygen atoms in total. The van der Waals surface area contributed by atoms with Crippen LogP contribution in [0.4, 0.5) is 0 Å². The van der Waals surface area contributed by atoms with E-state index in [9.17, 15) is 29.4 Å². The number of amides is 3. The number of aromatic nitrogens is 2. The van der Waals surface area contributed by atoms with E-state index in [2.05, 4.69) is 25.9 Å². The fourth-order valence-electron chi connectivity index (χ4n) is 3.37. The van der Waals surface area contributed by atoms with Gasteiger partial charge in [-0.25, -0.2) is 9.78 Å². The van der Waals surface area contributed by atoms with Crippen LogP contribution in [0.5, 0.6) is 0 Å². The van der Waals surface area contributed by atoms with Gasteiger partial charge in [-0.3, -0.25) is 14.4 Å². The van der Waals surface area contributed by atoms with Crippen LogP contribution in [-0.4, -0.2) is 74.1 Å². The number of imidazole rings is 1. The van der Waals surface area contributed by atoms with Crippen molar-refractivity contribution >= 4 is 23.7 Å². The van der Waals surface area contributed by atoms with Gasteiger partial charge < -0.3 is 36.9 Å². The van der Waals surface area contributed by atoms with Gasteiger partial charge in [0.05, 0.1) is 18.5 Å². The second-order valence-corrected chi connectivity index (χ2v) is 8.93. The van der Waals surface area contributed by atoms with Crippen LogP contribution in [0.3, 0.4) is 0 Å². The molecule has 1 aromatic carbocycles. The number of H-pyrrole nitrogens is 1. The number of aromatic amines is 1. The normalized spacial score (nSPS) is 15.3. The molecule has 5 atom stereocenters. The zero-order chi connectivity index (χ0) is 26.8. The third kappa shape index (κ3) is 8.47. The number of aliphatic hydroxyl groups excluding tert-OH is 1. The van der Waals surface area contributed by atoms with Gasteiger partial charge in [-0.2, -0.15) is 0 Å². The van der Waals surface area contributed by atoms with Crippen LogP contribution in [-0.2, 0) is 32.0 Å². The summed E-state index contributed by atoms with van der Waals surface area (Å²) >= 11 is 0. The predicted octanol–water partition coefficient (Wildman–Crippen LogP) is -0.902.